The Morgan fingerprint density at radius 1 is 1.26 bits per heavy atom. The van der Waals surface area contributed by atoms with Gasteiger partial charge in [-0.3, -0.25) is 10.1 Å². The number of amides is 1. The molecule has 2 aromatic rings. The van der Waals surface area contributed by atoms with Crippen molar-refractivity contribution in [2.45, 2.75) is 38.7 Å². The summed E-state index contributed by atoms with van der Waals surface area (Å²) in [5.41, 5.74) is 1.13. The number of para-hydroxylation sites is 2. The predicted octanol–water partition coefficient (Wildman–Crippen LogP) is 3.44. The summed E-state index contributed by atoms with van der Waals surface area (Å²) in [6, 6.07) is 7.29. The third-order valence-electron chi connectivity index (χ3n) is 3.82. The molecule has 1 atom stereocenters. The van der Waals surface area contributed by atoms with E-state index in [-0.39, 0.29) is 5.91 Å². The highest BCUT2D eigenvalue weighted by atomic mass is 32.1. The molecule has 3 rings (SSSR count). The van der Waals surface area contributed by atoms with Gasteiger partial charge in [-0.15, -0.1) is 11.3 Å². The summed E-state index contributed by atoms with van der Waals surface area (Å²) in [5, 5.41) is 3.52. The second-order valence-electron chi connectivity index (χ2n) is 5.50. The van der Waals surface area contributed by atoms with Gasteiger partial charge in [0, 0.05) is 4.88 Å². The van der Waals surface area contributed by atoms with Crippen molar-refractivity contribution in [1.29, 1.82) is 0 Å². The molecule has 1 aromatic heterocycles. The molecule has 1 N–H and O–H groups in total. The van der Waals surface area contributed by atoms with Crippen LogP contribution in [0.4, 0.5) is 5.13 Å². The van der Waals surface area contributed by atoms with Crippen LogP contribution in [0.5, 0.6) is 11.5 Å². The lowest BCUT2D eigenvalue weighted by Crippen LogP contribution is -2.30. The van der Waals surface area contributed by atoms with Crippen LogP contribution in [-0.4, -0.2) is 24.1 Å². The molecule has 0 spiro atoms. The number of fused-ring (bicyclic) bond motifs is 1. The number of anilines is 1. The number of thiazole rings is 1. The number of nitrogens with zero attached hydrogens (tertiary/aromatic N) is 1. The van der Waals surface area contributed by atoms with E-state index in [1.807, 2.05) is 12.1 Å². The maximum Gasteiger partial charge on any atom is 0.266 e. The number of aromatic nitrogens is 1. The fourth-order valence-electron chi connectivity index (χ4n) is 2.57. The Morgan fingerprint density at radius 2 is 2.00 bits per heavy atom. The highest BCUT2D eigenvalue weighted by molar-refractivity contribution is 7.15. The van der Waals surface area contributed by atoms with Crippen LogP contribution in [0.1, 0.15) is 30.3 Å². The summed E-state index contributed by atoms with van der Waals surface area (Å²) >= 11 is 1.57. The monoisotopic (exact) mass is 332 g/mol. The van der Waals surface area contributed by atoms with Gasteiger partial charge in [-0.25, -0.2) is 4.98 Å². The van der Waals surface area contributed by atoms with Gasteiger partial charge in [0.05, 0.1) is 12.8 Å². The summed E-state index contributed by atoms with van der Waals surface area (Å²) in [5.74, 6) is 0.954. The summed E-state index contributed by atoms with van der Waals surface area (Å²) in [6.07, 6.45) is 3.82. The number of carbonyl (C=O) groups excluding carboxylic acids is 1. The lowest BCUT2D eigenvalue weighted by molar-refractivity contribution is -0.122. The van der Waals surface area contributed by atoms with E-state index in [1.54, 1.807) is 37.5 Å². The number of methoxy groups -OCH3 is 1. The molecule has 1 aliphatic carbocycles. The normalized spacial score (nSPS) is 14.7. The van der Waals surface area contributed by atoms with Gasteiger partial charge in [0.15, 0.2) is 22.7 Å². The fourth-order valence-corrected chi connectivity index (χ4v) is 3.63. The molecule has 1 amide bonds. The Morgan fingerprint density at radius 3 is 2.74 bits per heavy atom. The van der Waals surface area contributed by atoms with Crippen LogP contribution >= 0.6 is 11.3 Å². The number of benzene rings is 1. The molecular formula is C17H20N2O3S. The molecular weight excluding hydrogens is 312 g/mol. The molecule has 23 heavy (non-hydrogen) atoms. The molecule has 122 valence electrons. The lowest BCUT2D eigenvalue weighted by Gasteiger charge is -2.15. The maximum absolute atomic E-state index is 12.3. The molecule has 1 aliphatic rings. The Hall–Kier alpha value is -2.08. The van der Waals surface area contributed by atoms with E-state index in [4.69, 9.17) is 9.47 Å². The fraction of sp³-hybridized carbons (Fsp3) is 0.412. The zero-order valence-corrected chi connectivity index (χ0v) is 14.1. The van der Waals surface area contributed by atoms with Crippen molar-refractivity contribution < 1.29 is 14.3 Å². The van der Waals surface area contributed by atoms with Crippen molar-refractivity contribution >= 4 is 22.4 Å². The zero-order chi connectivity index (χ0) is 16.2. The van der Waals surface area contributed by atoms with Gasteiger partial charge >= 0.3 is 0 Å². The average molecular weight is 332 g/mol. The number of carbonyl (C=O) groups is 1. The SMILES string of the molecule is COc1ccccc1O[C@H](C)C(=O)Nc1nc2c(s1)CCCC2. The maximum atomic E-state index is 12.3. The first-order chi connectivity index (χ1) is 11.2. The standard InChI is InChI=1S/C17H20N2O3S/c1-11(22-14-9-5-4-8-13(14)21-2)16(20)19-17-18-12-7-3-6-10-15(12)23-17/h4-5,8-9,11H,3,6-7,10H2,1-2H3,(H,18,19,20)/t11-/m1/s1. The summed E-state index contributed by atoms with van der Waals surface area (Å²) in [6.45, 7) is 1.72. The van der Waals surface area contributed by atoms with Crippen LogP contribution in [0.15, 0.2) is 24.3 Å². The first kappa shape index (κ1) is 15.8. The largest absolute Gasteiger partial charge is 0.493 e. The topological polar surface area (TPSA) is 60.5 Å². The lowest BCUT2D eigenvalue weighted by atomic mass is 10.0. The first-order valence-electron chi connectivity index (χ1n) is 7.76. The van der Waals surface area contributed by atoms with Crippen LogP contribution < -0.4 is 14.8 Å². The molecule has 1 heterocycles. The molecule has 0 saturated carbocycles. The van der Waals surface area contributed by atoms with Gasteiger partial charge < -0.3 is 9.47 Å². The van der Waals surface area contributed by atoms with Crippen molar-refractivity contribution in [3.8, 4) is 11.5 Å². The Kier molecular flexibility index (Phi) is 4.81. The van der Waals surface area contributed by atoms with Gasteiger partial charge in [0.25, 0.3) is 5.91 Å². The van der Waals surface area contributed by atoms with Crippen LogP contribution in [-0.2, 0) is 17.6 Å². The number of aryl methyl sites for hydroxylation is 2. The second kappa shape index (κ2) is 7.00. The van der Waals surface area contributed by atoms with Gasteiger partial charge in [0.2, 0.25) is 0 Å². The third kappa shape index (κ3) is 3.64. The van der Waals surface area contributed by atoms with Crippen LogP contribution in [0.2, 0.25) is 0 Å². The molecule has 6 heteroatoms. The Balaban J connectivity index is 1.64. The quantitative estimate of drug-likeness (QED) is 0.911. The zero-order valence-electron chi connectivity index (χ0n) is 13.3. The van der Waals surface area contributed by atoms with E-state index < -0.39 is 6.10 Å². The molecule has 5 nitrogen and oxygen atoms in total. The molecule has 0 radical (unpaired) electrons. The van der Waals surface area contributed by atoms with Crippen LogP contribution in [0.3, 0.4) is 0 Å². The van der Waals surface area contributed by atoms with E-state index in [9.17, 15) is 4.79 Å². The number of rotatable bonds is 5. The Bertz CT molecular complexity index is 675. The van der Waals surface area contributed by atoms with Crippen molar-refractivity contribution in [3.05, 3.63) is 34.8 Å². The van der Waals surface area contributed by atoms with Gasteiger partial charge in [-0.05, 0) is 44.7 Å². The van der Waals surface area contributed by atoms with Gasteiger partial charge in [0.1, 0.15) is 0 Å². The number of hydrogen-bond donors (Lipinski definition) is 1. The molecule has 0 aliphatic heterocycles. The van der Waals surface area contributed by atoms with Crippen LogP contribution in [0.25, 0.3) is 0 Å². The molecule has 0 fully saturated rings. The summed E-state index contributed by atoms with van der Waals surface area (Å²) in [7, 11) is 1.58. The smallest absolute Gasteiger partial charge is 0.266 e. The van der Waals surface area contributed by atoms with Crippen LogP contribution in [0, 0.1) is 0 Å². The van der Waals surface area contributed by atoms with E-state index in [0.717, 1.165) is 18.5 Å². The summed E-state index contributed by atoms with van der Waals surface area (Å²) in [4.78, 5) is 18.1. The van der Waals surface area contributed by atoms with Gasteiger partial charge in [-0.1, -0.05) is 12.1 Å². The van der Waals surface area contributed by atoms with Crippen molar-refractivity contribution in [2.75, 3.05) is 12.4 Å². The Labute approximate surface area is 139 Å². The van der Waals surface area contributed by atoms with Crippen molar-refractivity contribution in [1.82, 2.24) is 4.98 Å². The van der Waals surface area contributed by atoms with Crippen molar-refractivity contribution in [3.63, 3.8) is 0 Å². The van der Waals surface area contributed by atoms with E-state index in [2.05, 4.69) is 10.3 Å². The predicted molar refractivity (Wildman–Crippen MR) is 90.5 cm³/mol. The minimum atomic E-state index is -0.632. The molecule has 1 aromatic carbocycles. The summed E-state index contributed by atoms with van der Waals surface area (Å²) < 4.78 is 10.9. The molecule has 0 bridgehead atoms. The van der Waals surface area contributed by atoms with E-state index >= 15 is 0 Å². The minimum absolute atomic E-state index is 0.206. The number of nitrogens with one attached hydrogen (secondary N) is 1. The second-order valence-corrected chi connectivity index (χ2v) is 6.58. The third-order valence-corrected chi connectivity index (χ3v) is 4.89. The molecule has 0 unspecified atom stereocenters. The number of hydrogen-bond acceptors (Lipinski definition) is 5. The van der Waals surface area contributed by atoms with E-state index in [0.29, 0.717) is 16.6 Å². The van der Waals surface area contributed by atoms with E-state index in [1.165, 1.54) is 17.7 Å². The minimum Gasteiger partial charge on any atom is -0.493 e. The highest BCUT2D eigenvalue weighted by Crippen LogP contribution is 2.30. The first-order valence-corrected chi connectivity index (χ1v) is 8.58. The number of ether oxygens (including phenoxy) is 2. The highest BCUT2D eigenvalue weighted by Gasteiger charge is 2.20. The average Bonchev–Trinajstić information content (AvgIpc) is 2.97. The molecule has 0 saturated heterocycles. The van der Waals surface area contributed by atoms with Crippen molar-refractivity contribution in [2.24, 2.45) is 0 Å². The van der Waals surface area contributed by atoms with Gasteiger partial charge in [-0.2, -0.15) is 0 Å².